The second-order valence-electron chi connectivity index (χ2n) is 2.75. The molecule has 0 aromatic heterocycles. The van der Waals surface area contributed by atoms with Gasteiger partial charge in [0.05, 0.1) is 18.6 Å². The van der Waals surface area contributed by atoms with E-state index in [0.29, 0.717) is 26.7 Å². The predicted octanol–water partition coefficient (Wildman–Crippen LogP) is 2.53. The lowest BCUT2D eigenvalue weighted by Gasteiger charge is -2.09. The molecule has 80 valence electrons. The molecule has 0 aliphatic carbocycles. The minimum Gasteiger partial charge on any atom is -0.496 e. The first-order chi connectivity index (χ1) is 7.13. The van der Waals surface area contributed by atoms with Gasteiger partial charge in [0.2, 0.25) is 0 Å². The Labute approximate surface area is 106 Å². The number of hydrogen-bond acceptors (Lipinski definition) is 3. The molecule has 5 heteroatoms. The van der Waals surface area contributed by atoms with Crippen LogP contribution in [0.15, 0.2) is 12.1 Å². The standard InChI is InChI=1S/C10H8ClIO3/c1-15-9-3-6(5-13)2-7(12)10(9)8(14)4-11/h2-3,5H,4H2,1H3. The molecule has 0 N–H and O–H groups in total. The summed E-state index contributed by atoms with van der Waals surface area (Å²) in [5.74, 6) is 0.0669. The van der Waals surface area contributed by atoms with Crippen molar-refractivity contribution in [2.45, 2.75) is 0 Å². The van der Waals surface area contributed by atoms with Crippen molar-refractivity contribution < 1.29 is 14.3 Å². The molecule has 0 spiro atoms. The van der Waals surface area contributed by atoms with Crippen LogP contribution >= 0.6 is 34.2 Å². The number of alkyl halides is 1. The van der Waals surface area contributed by atoms with Crippen molar-refractivity contribution in [2.24, 2.45) is 0 Å². The van der Waals surface area contributed by atoms with Gasteiger partial charge in [0, 0.05) is 9.13 Å². The van der Waals surface area contributed by atoms with Gasteiger partial charge in [-0.05, 0) is 34.7 Å². The van der Waals surface area contributed by atoms with Crippen molar-refractivity contribution >= 4 is 46.3 Å². The average Bonchev–Trinajstić information content (AvgIpc) is 2.26. The Kier molecular flexibility index (Phi) is 4.53. The van der Waals surface area contributed by atoms with Crippen LogP contribution in [0.1, 0.15) is 20.7 Å². The first kappa shape index (κ1) is 12.4. The van der Waals surface area contributed by atoms with Crippen LogP contribution in [0.4, 0.5) is 0 Å². The monoisotopic (exact) mass is 338 g/mol. The number of hydrogen-bond donors (Lipinski definition) is 0. The van der Waals surface area contributed by atoms with E-state index in [1.54, 1.807) is 6.07 Å². The summed E-state index contributed by atoms with van der Waals surface area (Å²) in [5, 5.41) is 0. The Bertz CT molecular complexity index is 404. The van der Waals surface area contributed by atoms with E-state index in [2.05, 4.69) is 0 Å². The summed E-state index contributed by atoms with van der Waals surface area (Å²) in [6, 6.07) is 3.14. The predicted molar refractivity (Wildman–Crippen MR) is 66.1 cm³/mol. The molecule has 0 bridgehead atoms. The molecule has 1 aromatic carbocycles. The Morgan fingerprint density at radius 1 is 1.60 bits per heavy atom. The maximum Gasteiger partial charge on any atom is 0.182 e. The maximum absolute atomic E-state index is 11.5. The van der Waals surface area contributed by atoms with Crippen LogP contribution in [0.3, 0.4) is 0 Å². The topological polar surface area (TPSA) is 43.4 Å². The molecule has 0 atom stereocenters. The molecule has 0 aliphatic heterocycles. The number of halogens is 2. The lowest BCUT2D eigenvalue weighted by Crippen LogP contribution is -2.07. The number of ether oxygens (including phenoxy) is 1. The van der Waals surface area contributed by atoms with E-state index in [9.17, 15) is 9.59 Å². The van der Waals surface area contributed by atoms with Crippen LogP contribution in [0.25, 0.3) is 0 Å². The molecule has 0 amide bonds. The van der Waals surface area contributed by atoms with Crippen LogP contribution in [0.2, 0.25) is 0 Å². The number of rotatable bonds is 4. The van der Waals surface area contributed by atoms with E-state index in [-0.39, 0.29) is 11.7 Å². The van der Waals surface area contributed by atoms with Crippen molar-refractivity contribution in [2.75, 3.05) is 13.0 Å². The van der Waals surface area contributed by atoms with Gasteiger partial charge in [0.25, 0.3) is 0 Å². The van der Waals surface area contributed by atoms with Crippen molar-refractivity contribution in [3.63, 3.8) is 0 Å². The number of carbonyl (C=O) groups excluding carboxylic acids is 2. The zero-order valence-corrected chi connectivity index (χ0v) is 10.8. The first-order valence-corrected chi connectivity index (χ1v) is 5.67. The summed E-state index contributed by atoms with van der Waals surface area (Å²) in [6.07, 6.45) is 0.708. The minimum absolute atomic E-state index is 0.104. The van der Waals surface area contributed by atoms with Gasteiger partial charge in [-0.15, -0.1) is 11.6 Å². The highest BCUT2D eigenvalue weighted by Crippen LogP contribution is 2.26. The van der Waals surface area contributed by atoms with Gasteiger partial charge in [-0.2, -0.15) is 0 Å². The van der Waals surface area contributed by atoms with E-state index in [1.807, 2.05) is 22.6 Å². The smallest absolute Gasteiger partial charge is 0.182 e. The Morgan fingerprint density at radius 3 is 2.73 bits per heavy atom. The van der Waals surface area contributed by atoms with E-state index in [1.165, 1.54) is 13.2 Å². The molecular formula is C10H8ClIO3. The molecule has 0 radical (unpaired) electrons. The fourth-order valence-corrected chi connectivity index (χ4v) is 2.23. The summed E-state index contributed by atoms with van der Waals surface area (Å²) < 4.78 is 5.71. The van der Waals surface area contributed by atoms with Crippen LogP contribution in [-0.4, -0.2) is 25.1 Å². The van der Waals surface area contributed by atoms with E-state index in [0.717, 1.165) is 0 Å². The summed E-state index contributed by atoms with van der Waals surface area (Å²) >= 11 is 7.46. The van der Waals surface area contributed by atoms with E-state index < -0.39 is 0 Å². The van der Waals surface area contributed by atoms with Crippen molar-refractivity contribution in [3.8, 4) is 5.75 Å². The normalized spacial score (nSPS) is 9.80. The van der Waals surface area contributed by atoms with Crippen molar-refractivity contribution in [1.82, 2.24) is 0 Å². The van der Waals surface area contributed by atoms with Crippen LogP contribution < -0.4 is 4.74 Å². The number of aldehydes is 1. The quantitative estimate of drug-likeness (QED) is 0.367. The zero-order valence-electron chi connectivity index (χ0n) is 7.92. The highest BCUT2D eigenvalue weighted by molar-refractivity contribution is 14.1. The SMILES string of the molecule is COc1cc(C=O)cc(I)c1C(=O)CCl. The fraction of sp³-hybridized carbons (Fsp3) is 0.200. The first-order valence-electron chi connectivity index (χ1n) is 4.06. The van der Waals surface area contributed by atoms with Gasteiger partial charge in [-0.25, -0.2) is 0 Å². The second-order valence-corrected chi connectivity index (χ2v) is 4.18. The Morgan fingerprint density at radius 2 is 2.27 bits per heavy atom. The van der Waals surface area contributed by atoms with Gasteiger partial charge in [0.1, 0.15) is 12.0 Å². The number of Topliss-reactive ketones (excluding diaryl/α,β-unsaturated/α-hetero) is 1. The lowest BCUT2D eigenvalue weighted by molar-refractivity contribution is 0.101. The highest BCUT2D eigenvalue weighted by Gasteiger charge is 2.16. The number of methoxy groups -OCH3 is 1. The molecule has 0 unspecified atom stereocenters. The van der Waals surface area contributed by atoms with Gasteiger partial charge in [-0.3, -0.25) is 9.59 Å². The molecule has 0 saturated heterocycles. The summed E-state index contributed by atoms with van der Waals surface area (Å²) in [5.41, 5.74) is 0.904. The number of carbonyl (C=O) groups is 2. The molecule has 0 saturated carbocycles. The second kappa shape index (κ2) is 5.46. The van der Waals surface area contributed by atoms with Crippen LogP contribution in [-0.2, 0) is 0 Å². The number of ketones is 1. The van der Waals surface area contributed by atoms with Gasteiger partial charge < -0.3 is 4.74 Å². The Hall–Kier alpha value is -0.620. The number of benzene rings is 1. The van der Waals surface area contributed by atoms with Gasteiger partial charge in [-0.1, -0.05) is 0 Å². The van der Waals surface area contributed by atoms with Crippen LogP contribution in [0.5, 0.6) is 5.75 Å². The Balaban J connectivity index is 3.36. The molecule has 3 nitrogen and oxygen atoms in total. The lowest BCUT2D eigenvalue weighted by atomic mass is 10.1. The van der Waals surface area contributed by atoms with E-state index >= 15 is 0 Å². The largest absolute Gasteiger partial charge is 0.496 e. The zero-order chi connectivity index (χ0) is 11.4. The summed E-state index contributed by atoms with van der Waals surface area (Å²) in [7, 11) is 1.45. The average molecular weight is 339 g/mol. The fourth-order valence-electron chi connectivity index (χ4n) is 1.17. The van der Waals surface area contributed by atoms with Gasteiger partial charge >= 0.3 is 0 Å². The molecule has 1 rings (SSSR count). The molecule has 0 heterocycles. The molecule has 15 heavy (non-hydrogen) atoms. The van der Waals surface area contributed by atoms with Crippen molar-refractivity contribution in [3.05, 3.63) is 26.8 Å². The van der Waals surface area contributed by atoms with Crippen molar-refractivity contribution in [1.29, 1.82) is 0 Å². The maximum atomic E-state index is 11.5. The molecule has 0 aliphatic rings. The molecular weight excluding hydrogens is 330 g/mol. The molecule has 1 aromatic rings. The minimum atomic E-state index is -0.213. The van der Waals surface area contributed by atoms with Gasteiger partial charge in [0.15, 0.2) is 5.78 Å². The van der Waals surface area contributed by atoms with Crippen LogP contribution in [0, 0.1) is 3.57 Å². The highest BCUT2D eigenvalue weighted by atomic mass is 127. The third-order valence-corrected chi connectivity index (χ3v) is 2.93. The third kappa shape index (κ3) is 2.69. The summed E-state index contributed by atoms with van der Waals surface area (Å²) in [6.45, 7) is 0. The molecule has 0 fully saturated rings. The third-order valence-electron chi connectivity index (χ3n) is 1.83. The van der Waals surface area contributed by atoms with E-state index in [4.69, 9.17) is 16.3 Å². The summed E-state index contributed by atoms with van der Waals surface area (Å²) in [4.78, 5) is 22.1.